The number of methoxy groups -OCH3 is 1. The van der Waals surface area contributed by atoms with E-state index in [1.165, 1.54) is 25.0 Å². The maximum Gasteiger partial charge on any atom is 0.240 e. The standard InChI is InChI=1S/C29H38F2N4O2S/c1-32-11-9-23(10-12-32)33-13-15-34(16-14-33)29(36)28-18-26(38-25-6-4-24(37-2)5-7-25)20-35(28)19-21-17-22(30)3-8-27(21)31/h3-8,17,23,26,28H,9-16,18-20H2,1-2H3/t26-,28-/m0/s1. The third-order valence-electron chi connectivity index (χ3n) is 8.22. The monoisotopic (exact) mass is 544 g/mol. The highest BCUT2D eigenvalue weighted by molar-refractivity contribution is 8.00. The van der Waals surface area contributed by atoms with Crippen molar-refractivity contribution in [2.75, 3.05) is 60.0 Å². The second-order valence-electron chi connectivity index (χ2n) is 10.7. The molecule has 3 heterocycles. The van der Waals surface area contributed by atoms with E-state index in [4.69, 9.17) is 4.74 Å². The number of hydrogen-bond acceptors (Lipinski definition) is 6. The van der Waals surface area contributed by atoms with Crippen molar-refractivity contribution in [2.24, 2.45) is 0 Å². The summed E-state index contributed by atoms with van der Waals surface area (Å²) in [5.41, 5.74) is 0.296. The van der Waals surface area contributed by atoms with Crippen molar-refractivity contribution in [3.8, 4) is 5.75 Å². The highest BCUT2D eigenvalue weighted by Crippen LogP contribution is 2.35. The Morgan fingerprint density at radius 2 is 1.71 bits per heavy atom. The summed E-state index contributed by atoms with van der Waals surface area (Å²) in [6.45, 7) is 6.36. The van der Waals surface area contributed by atoms with Crippen LogP contribution in [0.1, 0.15) is 24.8 Å². The van der Waals surface area contributed by atoms with Crippen LogP contribution in [-0.2, 0) is 11.3 Å². The average molecular weight is 545 g/mol. The number of thioether (sulfide) groups is 1. The highest BCUT2D eigenvalue weighted by Gasteiger charge is 2.40. The number of rotatable bonds is 7. The molecule has 3 aliphatic rings. The molecule has 0 bridgehead atoms. The van der Waals surface area contributed by atoms with Crippen molar-refractivity contribution >= 4 is 17.7 Å². The van der Waals surface area contributed by atoms with Crippen LogP contribution in [0.15, 0.2) is 47.4 Å². The van der Waals surface area contributed by atoms with Crippen LogP contribution in [0.2, 0.25) is 0 Å². The minimum absolute atomic E-state index is 0.114. The van der Waals surface area contributed by atoms with Gasteiger partial charge < -0.3 is 14.5 Å². The summed E-state index contributed by atoms with van der Waals surface area (Å²) in [6, 6.07) is 11.7. The molecule has 2 aromatic carbocycles. The normalized spacial score (nSPS) is 24.2. The lowest BCUT2D eigenvalue weighted by atomic mass is 10.0. The molecule has 2 aromatic rings. The van der Waals surface area contributed by atoms with E-state index >= 15 is 0 Å². The van der Waals surface area contributed by atoms with Gasteiger partial charge in [-0.2, -0.15) is 0 Å². The molecule has 5 rings (SSSR count). The SMILES string of the molecule is COc1ccc(S[C@H]2C[C@@H](C(=O)N3CCN(C4CCN(C)CC4)CC3)N(Cc3cc(F)ccc3F)C2)cc1. The largest absolute Gasteiger partial charge is 0.497 e. The zero-order valence-electron chi connectivity index (χ0n) is 22.3. The maximum atomic E-state index is 14.6. The van der Waals surface area contributed by atoms with Gasteiger partial charge in [-0.1, -0.05) is 0 Å². The number of piperazine rings is 1. The first-order valence-electron chi connectivity index (χ1n) is 13.6. The minimum atomic E-state index is -0.461. The third kappa shape index (κ3) is 6.50. The van der Waals surface area contributed by atoms with Crippen molar-refractivity contribution < 1.29 is 18.3 Å². The van der Waals surface area contributed by atoms with Gasteiger partial charge in [0, 0.05) is 61.0 Å². The molecule has 0 saturated carbocycles. The number of nitrogens with zero attached hydrogens (tertiary/aromatic N) is 4. The van der Waals surface area contributed by atoms with Crippen molar-refractivity contribution in [1.82, 2.24) is 19.6 Å². The summed E-state index contributed by atoms with van der Waals surface area (Å²) in [5, 5.41) is 0.175. The Hall–Kier alpha value is -2.20. The van der Waals surface area contributed by atoms with Gasteiger partial charge in [-0.25, -0.2) is 8.78 Å². The van der Waals surface area contributed by atoms with Crippen LogP contribution in [0.3, 0.4) is 0 Å². The number of ether oxygens (including phenoxy) is 1. The van der Waals surface area contributed by atoms with E-state index in [2.05, 4.69) is 16.8 Å². The second-order valence-corrected chi connectivity index (χ2v) is 12.1. The fraction of sp³-hybridized carbons (Fsp3) is 0.552. The predicted molar refractivity (Wildman–Crippen MR) is 146 cm³/mol. The van der Waals surface area contributed by atoms with Crippen molar-refractivity contribution in [3.63, 3.8) is 0 Å². The predicted octanol–water partition coefficient (Wildman–Crippen LogP) is 3.95. The van der Waals surface area contributed by atoms with E-state index in [0.29, 0.717) is 24.6 Å². The van der Waals surface area contributed by atoms with Crippen molar-refractivity contribution in [3.05, 3.63) is 59.7 Å². The van der Waals surface area contributed by atoms with Gasteiger partial charge in [0.25, 0.3) is 0 Å². The zero-order valence-corrected chi connectivity index (χ0v) is 23.1. The van der Waals surface area contributed by atoms with E-state index in [-0.39, 0.29) is 23.7 Å². The number of halogens is 2. The van der Waals surface area contributed by atoms with Crippen LogP contribution in [0.4, 0.5) is 8.78 Å². The van der Waals surface area contributed by atoms with Crippen LogP contribution < -0.4 is 4.74 Å². The number of amides is 1. The Morgan fingerprint density at radius 3 is 2.39 bits per heavy atom. The van der Waals surface area contributed by atoms with Gasteiger partial charge in [0.1, 0.15) is 17.4 Å². The Kier molecular flexibility index (Phi) is 8.88. The Bertz CT molecular complexity index is 1090. The average Bonchev–Trinajstić information content (AvgIpc) is 3.33. The number of carbonyl (C=O) groups is 1. The smallest absolute Gasteiger partial charge is 0.240 e. The summed E-state index contributed by atoms with van der Waals surface area (Å²) in [6.07, 6.45) is 3.05. The van der Waals surface area contributed by atoms with Gasteiger partial charge in [0.2, 0.25) is 5.91 Å². The molecule has 9 heteroatoms. The van der Waals surface area contributed by atoms with Gasteiger partial charge in [0.05, 0.1) is 13.2 Å². The molecule has 6 nitrogen and oxygen atoms in total. The molecule has 0 spiro atoms. The summed E-state index contributed by atoms with van der Waals surface area (Å²) in [7, 11) is 3.82. The van der Waals surface area contributed by atoms with Crippen LogP contribution in [0, 0.1) is 11.6 Å². The summed E-state index contributed by atoms with van der Waals surface area (Å²) in [5.74, 6) is 0.0207. The number of likely N-dealkylation sites (tertiary alicyclic amines) is 2. The molecule has 0 N–H and O–H groups in total. The zero-order chi connectivity index (χ0) is 26.6. The number of piperidine rings is 1. The van der Waals surface area contributed by atoms with Crippen molar-refractivity contribution in [2.45, 2.75) is 48.0 Å². The van der Waals surface area contributed by atoms with Crippen LogP contribution >= 0.6 is 11.8 Å². The number of hydrogen-bond donors (Lipinski definition) is 0. The number of carbonyl (C=O) groups excluding carboxylic acids is 1. The molecule has 0 aliphatic carbocycles. The summed E-state index contributed by atoms with van der Waals surface area (Å²) >= 11 is 1.73. The van der Waals surface area contributed by atoms with Crippen LogP contribution in [0.5, 0.6) is 5.75 Å². The minimum Gasteiger partial charge on any atom is -0.497 e. The molecule has 1 amide bonds. The van der Waals surface area contributed by atoms with Gasteiger partial charge in [-0.15, -0.1) is 11.8 Å². The molecule has 0 radical (unpaired) electrons. The third-order valence-corrected chi connectivity index (χ3v) is 9.44. The van der Waals surface area contributed by atoms with Crippen LogP contribution in [-0.4, -0.2) is 103 Å². The summed E-state index contributed by atoms with van der Waals surface area (Å²) < 4.78 is 33.7. The molecule has 206 valence electrons. The van der Waals surface area contributed by atoms with Gasteiger partial charge in [0.15, 0.2) is 0 Å². The van der Waals surface area contributed by atoms with E-state index in [9.17, 15) is 13.6 Å². The topological polar surface area (TPSA) is 39.3 Å². The van der Waals surface area contributed by atoms with E-state index in [0.717, 1.165) is 56.0 Å². The lowest BCUT2D eigenvalue weighted by Gasteiger charge is -2.43. The summed E-state index contributed by atoms with van der Waals surface area (Å²) in [4.78, 5) is 23.9. The molecule has 3 aliphatic heterocycles. The van der Waals surface area contributed by atoms with Gasteiger partial charge in [-0.05, 0) is 81.9 Å². The Morgan fingerprint density at radius 1 is 1.00 bits per heavy atom. The Labute approximate surface area is 228 Å². The molecule has 3 fully saturated rings. The lowest BCUT2D eigenvalue weighted by molar-refractivity contribution is -0.138. The highest BCUT2D eigenvalue weighted by atomic mass is 32.2. The maximum absolute atomic E-state index is 14.6. The molecular weight excluding hydrogens is 506 g/mol. The second kappa shape index (κ2) is 12.3. The molecule has 38 heavy (non-hydrogen) atoms. The molecule has 2 atom stereocenters. The van der Waals surface area contributed by atoms with Crippen LogP contribution in [0.25, 0.3) is 0 Å². The van der Waals surface area contributed by atoms with E-state index in [1.54, 1.807) is 18.9 Å². The number of benzene rings is 2. The van der Waals surface area contributed by atoms with Gasteiger partial charge in [-0.3, -0.25) is 14.6 Å². The first kappa shape index (κ1) is 27.4. The Balaban J connectivity index is 1.26. The first-order chi connectivity index (χ1) is 18.4. The van der Waals surface area contributed by atoms with E-state index in [1.807, 2.05) is 34.1 Å². The first-order valence-corrected chi connectivity index (χ1v) is 14.5. The fourth-order valence-electron chi connectivity index (χ4n) is 5.99. The van der Waals surface area contributed by atoms with Crippen molar-refractivity contribution in [1.29, 1.82) is 0 Å². The fourth-order valence-corrected chi connectivity index (χ4v) is 7.21. The lowest BCUT2D eigenvalue weighted by Crippen LogP contribution is -2.56. The van der Waals surface area contributed by atoms with Gasteiger partial charge >= 0.3 is 0 Å². The molecule has 0 aromatic heterocycles. The molecule has 0 unspecified atom stereocenters. The quantitative estimate of drug-likeness (QED) is 0.526. The van der Waals surface area contributed by atoms with E-state index < -0.39 is 11.6 Å². The molecular formula is C29H38F2N4O2S. The molecule has 3 saturated heterocycles.